The highest BCUT2D eigenvalue weighted by Crippen LogP contribution is 2.49. The van der Waals surface area contributed by atoms with Gasteiger partial charge in [-0.2, -0.15) is 0 Å². The van der Waals surface area contributed by atoms with Gasteiger partial charge in [-0.1, -0.05) is 12.1 Å². The summed E-state index contributed by atoms with van der Waals surface area (Å²) in [7, 11) is 0. The number of fused-ring (bicyclic) bond motifs is 3. The lowest BCUT2D eigenvalue weighted by Crippen LogP contribution is -2.46. The summed E-state index contributed by atoms with van der Waals surface area (Å²) in [5, 5.41) is 0.793. The lowest BCUT2D eigenvalue weighted by atomic mass is 9.97. The lowest BCUT2D eigenvalue weighted by molar-refractivity contribution is -0.118. The van der Waals surface area contributed by atoms with E-state index in [1.807, 2.05) is 42.2 Å². The molecule has 8 nitrogen and oxygen atoms in total. The van der Waals surface area contributed by atoms with Gasteiger partial charge in [0.2, 0.25) is 0 Å². The molecule has 0 spiro atoms. The number of hydrazine groups is 1. The fraction of sp³-hybridized carbons (Fsp3) is 0.125. The molecule has 2 N–H and O–H groups in total. The van der Waals surface area contributed by atoms with Crippen LogP contribution in [0.25, 0.3) is 0 Å². The van der Waals surface area contributed by atoms with Crippen molar-refractivity contribution in [3.63, 3.8) is 0 Å². The number of thioether (sulfide) groups is 1. The molecule has 0 saturated carbocycles. The normalized spacial score (nSPS) is 16.6. The molecule has 2 aliphatic heterocycles. The Morgan fingerprint density at radius 2 is 1.76 bits per heavy atom. The topological polar surface area (TPSA) is 99.6 Å². The molecule has 0 saturated heterocycles. The molecule has 0 bridgehead atoms. The molecule has 0 fully saturated rings. The van der Waals surface area contributed by atoms with Gasteiger partial charge in [-0.05, 0) is 67.6 Å². The Morgan fingerprint density at radius 1 is 0.970 bits per heavy atom. The smallest absolute Gasteiger partial charge is 0.269 e. The van der Waals surface area contributed by atoms with E-state index < -0.39 is 17.9 Å². The van der Waals surface area contributed by atoms with Crippen molar-refractivity contribution in [3.05, 3.63) is 95.2 Å². The summed E-state index contributed by atoms with van der Waals surface area (Å²) in [6, 6.07) is 14.5. The van der Waals surface area contributed by atoms with Gasteiger partial charge in [0.25, 0.3) is 11.8 Å². The monoisotopic (exact) mass is 456 g/mol. The number of benzene rings is 1. The van der Waals surface area contributed by atoms with Crippen molar-refractivity contribution in [2.45, 2.75) is 24.8 Å². The molecule has 1 aromatic carbocycles. The maximum absolute atomic E-state index is 13.4. The van der Waals surface area contributed by atoms with Gasteiger partial charge in [0.05, 0.1) is 22.7 Å². The first-order chi connectivity index (χ1) is 16.0. The zero-order valence-electron chi connectivity index (χ0n) is 17.9. The van der Waals surface area contributed by atoms with Crippen LogP contribution in [0.4, 0.5) is 5.69 Å². The minimum absolute atomic E-state index is 0.390. The molecular formula is C24H20N6O2S. The zero-order chi connectivity index (χ0) is 22.9. The van der Waals surface area contributed by atoms with Gasteiger partial charge in [0.15, 0.2) is 5.17 Å². The molecule has 4 heterocycles. The van der Waals surface area contributed by atoms with E-state index in [1.54, 1.807) is 37.0 Å². The Balaban J connectivity index is 1.50. The molecule has 9 heteroatoms. The molecular weight excluding hydrogens is 436 g/mol. The number of nitrogens with zero attached hydrogens (tertiary/aromatic N) is 4. The van der Waals surface area contributed by atoms with Crippen LogP contribution < -0.4 is 15.8 Å². The molecule has 1 unspecified atom stereocenters. The third-order valence-corrected chi connectivity index (χ3v) is 6.43. The fourth-order valence-corrected chi connectivity index (χ4v) is 5.07. The Bertz CT molecular complexity index is 1310. The van der Waals surface area contributed by atoms with E-state index in [-0.39, 0.29) is 0 Å². The quantitative estimate of drug-likeness (QED) is 0.585. The Kier molecular flexibility index (Phi) is 5.39. The highest BCUT2D eigenvalue weighted by atomic mass is 32.2. The Hall–Kier alpha value is -3.98. The van der Waals surface area contributed by atoms with Crippen LogP contribution in [0.5, 0.6) is 0 Å². The van der Waals surface area contributed by atoms with Gasteiger partial charge < -0.3 is 4.90 Å². The third-order valence-electron chi connectivity index (χ3n) is 5.41. The summed E-state index contributed by atoms with van der Waals surface area (Å²) >= 11 is 1.57. The number of carbonyl (C=O) groups is 2. The van der Waals surface area contributed by atoms with Crippen LogP contribution in [0.2, 0.25) is 0 Å². The summed E-state index contributed by atoms with van der Waals surface area (Å²) in [5.41, 5.74) is 9.24. The number of amidine groups is 1. The second-order valence-electron chi connectivity index (χ2n) is 7.64. The molecule has 164 valence electrons. The maximum Gasteiger partial charge on any atom is 0.269 e. The summed E-state index contributed by atoms with van der Waals surface area (Å²) in [5.74, 6) is -0.880. The van der Waals surface area contributed by atoms with Gasteiger partial charge in [0.1, 0.15) is 6.04 Å². The van der Waals surface area contributed by atoms with Crippen LogP contribution in [-0.2, 0) is 4.79 Å². The average Bonchev–Trinajstić information content (AvgIpc) is 3.19. The first kappa shape index (κ1) is 20.9. The molecule has 2 aliphatic rings. The van der Waals surface area contributed by atoms with Crippen LogP contribution in [0.1, 0.15) is 34.6 Å². The highest BCUT2D eigenvalue weighted by Gasteiger charge is 2.42. The van der Waals surface area contributed by atoms with E-state index >= 15 is 0 Å². The number of aliphatic imine (C=N–C) groups is 1. The van der Waals surface area contributed by atoms with E-state index in [4.69, 9.17) is 4.99 Å². The van der Waals surface area contributed by atoms with E-state index in [0.717, 1.165) is 21.3 Å². The van der Waals surface area contributed by atoms with Gasteiger partial charge in [-0.15, -0.1) is 0 Å². The summed E-state index contributed by atoms with van der Waals surface area (Å²) in [4.78, 5) is 42.1. The van der Waals surface area contributed by atoms with Crippen molar-refractivity contribution < 1.29 is 9.59 Å². The first-order valence-corrected chi connectivity index (χ1v) is 11.1. The zero-order valence-corrected chi connectivity index (χ0v) is 18.8. The number of hydrogen-bond acceptors (Lipinski definition) is 7. The second-order valence-corrected chi connectivity index (χ2v) is 8.65. The number of pyridine rings is 2. The van der Waals surface area contributed by atoms with Gasteiger partial charge in [0, 0.05) is 29.0 Å². The second kappa shape index (κ2) is 8.51. The minimum Gasteiger partial charge on any atom is -0.306 e. The van der Waals surface area contributed by atoms with Crippen LogP contribution >= 0.6 is 11.8 Å². The molecule has 3 aromatic rings. The van der Waals surface area contributed by atoms with Crippen LogP contribution in [0.3, 0.4) is 0 Å². The number of aromatic nitrogens is 2. The lowest BCUT2D eigenvalue weighted by Gasteiger charge is -2.34. The first-order valence-electron chi connectivity index (χ1n) is 10.3. The maximum atomic E-state index is 13.4. The third kappa shape index (κ3) is 3.87. The number of allylic oxidation sites excluding steroid dienone is 1. The van der Waals surface area contributed by atoms with Crippen molar-refractivity contribution in [1.29, 1.82) is 0 Å². The number of amides is 2. The van der Waals surface area contributed by atoms with Gasteiger partial charge in [-0.3, -0.25) is 30.4 Å². The molecule has 33 heavy (non-hydrogen) atoms. The molecule has 0 radical (unpaired) electrons. The SMILES string of the molecule is CC1=C(C(=O)NNC(=O)c2ccncc2)C(c2ccccn2)N2C(=N1)Sc1cc(C)ccc12. The predicted octanol–water partition coefficient (Wildman–Crippen LogP) is 3.54. The Morgan fingerprint density at radius 3 is 2.52 bits per heavy atom. The average molecular weight is 457 g/mol. The van der Waals surface area contributed by atoms with E-state index in [1.165, 1.54) is 12.4 Å². The summed E-state index contributed by atoms with van der Waals surface area (Å²) in [6.07, 6.45) is 4.74. The predicted molar refractivity (Wildman–Crippen MR) is 126 cm³/mol. The van der Waals surface area contributed by atoms with Gasteiger partial charge >= 0.3 is 0 Å². The number of carbonyl (C=O) groups excluding carboxylic acids is 2. The summed E-state index contributed by atoms with van der Waals surface area (Å²) in [6.45, 7) is 3.85. The fourth-order valence-electron chi connectivity index (χ4n) is 3.87. The minimum atomic E-state index is -0.493. The van der Waals surface area contributed by atoms with Crippen molar-refractivity contribution in [2.75, 3.05) is 4.90 Å². The van der Waals surface area contributed by atoms with Crippen molar-refractivity contribution >= 4 is 34.4 Å². The van der Waals surface area contributed by atoms with Crippen LogP contribution in [0, 0.1) is 6.92 Å². The Labute approximate surface area is 194 Å². The standard InChI is InChI=1S/C24H20N6O2S/c1-14-6-7-18-19(13-14)33-24-27-15(2)20(21(30(18)24)17-5-3-4-10-26-17)23(32)29-28-22(31)16-8-11-25-12-9-16/h3-13,21H,1-2H3,(H,28,31)(H,29,32). The molecule has 5 rings (SSSR count). The molecule has 2 amide bonds. The van der Waals surface area contributed by atoms with E-state index in [9.17, 15) is 9.59 Å². The van der Waals surface area contributed by atoms with E-state index in [0.29, 0.717) is 22.5 Å². The molecule has 0 aliphatic carbocycles. The van der Waals surface area contributed by atoms with Crippen LogP contribution in [-0.4, -0.2) is 26.9 Å². The number of aryl methyl sites for hydroxylation is 1. The van der Waals surface area contributed by atoms with Crippen LogP contribution in [0.15, 0.2) is 88.3 Å². The van der Waals surface area contributed by atoms with Crippen molar-refractivity contribution in [3.8, 4) is 0 Å². The number of nitrogens with one attached hydrogen (secondary N) is 2. The number of rotatable bonds is 3. The van der Waals surface area contributed by atoms with Gasteiger partial charge in [-0.25, -0.2) is 4.99 Å². The molecule has 2 aromatic heterocycles. The number of anilines is 1. The summed E-state index contributed by atoms with van der Waals surface area (Å²) < 4.78 is 0. The number of hydrogen-bond donors (Lipinski definition) is 2. The largest absolute Gasteiger partial charge is 0.306 e. The van der Waals surface area contributed by atoms with E-state index in [2.05, 4.69) is 26.9 Å². The van der Waals surface area contributed by atoms with Crippen molar-refractivity contribution in [2.24, 2.45) is 4.99 Å². The molecule has 1 atom stereocenters. The highest BCUT2D eigenvalue weighted by molar-refractivity contribution is 8.14. The van der Waals surface area contributed by atoms with Crippen molar-refractivity contribution in [1.82, 2.24) is 20.8 Å².